The van der Waals surface area contributed by atoms with Gasteiger partial charge in [0.05, 0.1) is 29.7 Å². The fourth-order valence-corrected chi connectivity index (χ4v) is 4.13. The molecular weight excluding hydrogens is 436 g/mol. The number of nitrogens with zero attached hydrogens (tertiary/aromatic N) is 5. The minimum atomic E-state index is -0.674. The van der Waals surface area contributed by atoms with Crippen molar-refractivity contribution in [2.75, 3.05) is 5.32 Å². The first kappa shape index (κ1) is 22.3. The van der Waals surface area contributed by atoms with E-state index in [1.54, 1.807) is 6.20 Å². The van der Waals surface area contributed by atoms with Gasteiger partial charge in [-0.25, -0.2) is 15.0 Å². The SMILES string of the molecule is Cc1cccn2c(-c3nc(N[C@@H](C)c4ccc(C(O)c5ccccc5)cc4)ncc3C#N)cnc12. The second-order valence-electron chi connectivity index (χ2n) is 8.44. The highest BCUT2D eigenvalue weighted by molar-refractivity contribution is 5.68. The monoisotopic (exact) mass is 460 g/mol. The molecule has 0 spiro atoms. The van der Waals surface area contributed by atoms with Crippen LogP contribution in [0, 0.1) is 18.3 Å². The number of nitrogens with one attached hydrogen (secondary N) is 1. The average Bonchev–Trinajstić information content (AvgIpc) is 3.34. The van der Waals surface area contributed by atoms with E-state index < -0.39 is 6.10 Å². The molecule has 0 fully saturated rings. The summed E-state index contributed by atoms with van der Waals surface area (Å²) < 4.78 is 1.93. The Bertz CT molecular complexity index is 1520. The standard InChI is InChI=1S/C28H24N6O/c1-18-7-6-14-34-24(17-30-27(18)34)25-23(15-29)16-31-28(33-25)32-19(2)20-10-12-22(13-11-20)26(35)21-8-4-3-5-9-21/h3-14,16-17,19,26,35H,1-2H3,(H,31,32,33)/t19-,26?/m0/s1. The lowest BCUT2D eigenvalue weighted by molar-refractivity contribution is 0.220. The van der Waals surface area contributed by atoms with E-state index in [1.807, 2.05) is 91.2 Å². The molecular formula is C28H24N6O. The molecule has 3 aromatic heterocycles. The quantitative estimate of drug-likeness (QED) is 0.360. The van der Waals surface area contributed by atoms with Gasteiger partial charge in [0.15, 0.2) is 0 Å². The zero-order valence-electron chi connectivity index (χ0n) is 19.4. The lowest BCUT2D eigenvalue weighted by Crippen LogP contribution is -2.11. The number of aliphatic hydroxyl groups is 1. The number of nitriles is 1. The average molecular weight is 461 g/mol. The van der Waals surface area contributed by atoms with Crippen LogP contribution in [0.25, 0.3) is 17.0 Å². The highest BCUT2D eigenvalue weighted by Gasteiger charge is 2.17. The smallest absolute Gasteiger partial charge is 0.223 e. The topological polar surface area (TPSA) is 99.1 Å². The van der Waals surface area contributed by atoms with Gasteiger partial charge in [-0.2, -0.15) is 5.26 Å². The van der Waals surface area contributed by atoms with Gasteiger partial charge in [-0.05, 0) is 42.2 Å². The van der Waals surface area contributed by atoms with Crippen molar-refractivity contribution in [3.05, 3.63) is 113 Å². The molecule has 2 N–H and O–H groups in total. The van der Waals surface area contributed by atoms with Crippen LogP contribution in [0.5, 0.6) is 0 Å². The molecule has 7 nitrogen and oxygen atoms in total. The van der Waals surface area contributed by atoms with Crippen molar-refractivity contribution in [2.45, 2.75) is 26.0 Å². The number of hydrogen-bond acceptors (Lipinski definition) is 6. The van der Waals surface area contributed by atoms with Gasteiger partial charge >= 0.3 is 0 Å². The van der Waals surface area contributed by atoms with Crippen molar-refractivity contribution in [3.8, 4) is 17.5 Å². The Balaban J connectivity index is 1.39. The Hall–Kier alpha value is -4.54. The highest BCUT2D eigenvalue weighted by Crippen LogP contribution is 2.27. The summed E-state index contributed by atoms with van der Waals surface area (Å²) in [5.74, 6) is 0.419. The zero-order valence-corrected chi connectivity index (χ0v) is 19.4. The Kier molecular flexibility index (Phi) is 5.96. The minimum Gasteiger partial charge on any atom is -0.384 e. The van der Waals surface area contributed by atoms with Crippen molar-refractivity contribution < 1.29 is 5.11 Å². The molecule has 0 amide bonds. The first-order valence-electron chi connectivity index (χ1n) is 11.3. The maximum atomic E-state index is 10.7. The largest absolute Gasteiger partial charge is 0.384 e. The van der Waals surface area contributed by atoms with Gasteiger partial charge < -0.3 is 10.4 Å². The van der Waals surface area contributed by atoms with Crippen molar-refractivity contribution >= 4 is 11.6 Å². The molecule has 0 aliphatic carbocycles. The lowest BCUT2D eigenvalue weighted by atomic mass is 9.99. The Morgan fingerprint density at radius 3 is 2.37 bits per heavy atom. The maximum absolute atomic E-state index is 10.7. The fraction of sp³-hybridized carbons (Fsp3) is 0.143. The van der Waals surface area contributed by atoms with Gasteiger partial charge in [0.2, 0.25) is 5.95 Å². The molecule has 5 aromatic rings. The third-order valence-corrected chi connectivity index (χ3v) is 6.10. The summed E-state index contributed by atoms with van der Waals surface area (Å²) in [4.78, 5) is 13.5. The molecule has 1 unspecified atom stereocenters. The zero-order chi connectivity index (χ0) is 24.4. The molecule has 2 aromatic carbocycles. The Labute approximate surface area is 203 Å². The molecule has 0 saturated carbocycles. The summed E-state index contributed by atoms with van der Waals surface area (Å²) in [5, 5.41) is 23.6. The molecule has 7 heteroatoms. The molecule has 3 heterocycles. The van der Waals surface area contributed by atoms with E-state index >= 15 is 0 Å². The van der Waals surface area contributed by atoms with Crippen LogP contribution in [0.3, 0.4) is 0 Å². The van der Waals surface area contributed by atoms with Crippen molar-refractivity contribution in [1.29, 1.82) is 5.26 Å². The second kappa shape index (κ2) is 9.37. The number of aliphatic hydroxyl groups excluding tert-OH is 1. The number of hydrogen-bond donors (Lipinski definition) is 2. The van der Waals surface area contributed by atoms with Crippen LogP contribution in [-0.2, 0) is 0 Å². The first-order chi connectivity index (χ1) is 17.0. The normalized spacial score (nSPS) is 12.7. The summed E-state index contributed by atoms with van der Waals surface area (Å²) in [5.41, 5.74) is 6.21. The number of pyridine rings is 1. The number of fused-ring (bicyclic) bond motifs is 1. The van der Waals surface area contributed by atoms with Crippen LogP contribution in [0.4, 0.5) is 5.95 Å². The van der Waals surface area contributed by atoms with E-state index in [9.17, 15) is 10.4 Å². The van der Waals surface area contributed by atoms with Gasteiger partial charge in [-0.15, -0.1) is 0 Å². The molecule has 2 atom stereocenters. The van der Waals surface area contributed by atoms with Crippen LogP contribution in [0.1, 0.15) is 46.9 Å². The molecule has 0 aliphatic rings. The summed E-state index contributed by atoms with van der Waals surface area (Å²) in [6.07, 6.45) is 4.50. The Morgan fingerprint density at radius 2 is 1.63 bits per heavy atom. The summed E-state index contributed by atoms with van der Waals surface area (Å²) in [6, 6.07) is 23.4. The Morgan fingerprint density at radius 1 is 0.914 bits per heavy atom. The minimum absolute atomic E-state index is 0.0943. The van der Waals surface area contributed by atoms with E-state index in [0.717, 1.165) is 33.6 Å². The number of benzene rings is 2. The van der Waals surface area contributed by atoms with E-state index in [0.29, 0.717) is 17.2 Å². The van der Waals surface area contributed by atoms with Crippen LogP contribution in [-0.4, -0.2) is 24.5 Å². The number of anilines is 1. The van der Waals surface area contributed by atoms with Crippen molar-refractivity contribution in [3.63, 3.8) is 0 Å². The number of imidazole rings is 1. The van der Waals surface area contributed by atoms with Gasteiger partial charge in [0.25, 0.3) is 0 Å². The van der Waals surface area contributed by atoms with Crippen LogP contribution in [0.15, 0.2) is 85.3 Å². The van der Waals surface area contributed by atoms with Gasteiger partial charge in [0, 0.05) is 6.20 Å². The van der Waals surface area contributed by atoms with Crippen LogP contribution in [0.2, 0.25) is 0 Å². The van der Waals surface area contributed by atoms with E-state index in [1.165, 1.54) is 6.20 Å². The predicted molar refractivity (Wildman–Crippen MR) is 135 cm³/mol. The number of aryl methyl sites for hydroxylation is 1. The van der Waals surface area contributed by atoms with Crippen LogP contribution >= 0.6 is 0 Å². The molecule has 0 bridgehead atoms. The van der Waals surface area contributed by atoms with E-state index in [2.05, 4.69) is 26.3 Å². The third kappa shape index (κ3) is 4.35. The third-order valence-electron chi connectivity index (χ3n) is 6.10. The predicted octanol–water partition coefficient (Wildman–Crippen LogP) is 5.23. The molecule has 0 aliphatic heterocycles. The number of aromatic nitrogens is 4. The van der Waals surface area contributed by atoms with E-state index in [4.69, 9.17) is 0 Å². The lowest BCUT2D eigenvalue weighted by Gasteiger charge is -2.17. The first-order valence-corrected chi connectivity index (χ1v) is 11.3. The number of rotatable bonds is 6. The molecule has 5 rings (SSSR count). The fourth-order valence-electron chi connectivity index (χ4n) is 4.13. The van der Waals surface area contributed by atoms with Gasteiger partial charge in [-0.1, -0.05) is 60.7 Å². The molecule has 0 saturated heterocycles. The summed E-state index contributed by atoms with van der Waals surface area (Å²) in [7, 11) is 0. The maximum Gasteiger partial charge on any atom is 0.223 e. The molecule has 172 valence electrons. The van der Waals surface area contributed by atoms with E-state index in [-0.39, 0.29) is 6.04 Å². The second-order valence-corrected chi connectivity index (χ2v) is 8.44. The van der Waals surface area contributed by atoms with Gasteiger partial charge in [0.1, 0.15) is 23.5 Å². The van der Waals surface area contributed by atoms with Crippen molar-refractivity contribution in [1.82, 2.24) is 19.4 Å². The summed E-state index contributed by atoms with van der Waals surface area (Å²) in [6.45, 7) is 4.01. The summed E-state index contributed by atoms with van der Waals surface area (Å²) >= 11 is 0. The molecule has 35 heavy (non-hydrogen) atoms. The molecule has 0 radical (unpaired) electrons. The highest BCUT2D eigenvalue weighted by atomic mass is 16.3. The van der Waals surface area contributed by atoms with Crippen molar-refractivity contribution in [2.24, 2.45) is 0 Å². The van der Waals surface area contributed by atoms with Crippen LogP contribution < -0.4 is 5.32 Å². The van der Waals surface area contributed by atoms with Gasteiger partial charge in [-0.3, -0.25) is 4.40 Å².